The van der Waals surface area contributed by atoms with Gasteiger partial charge in [0.2, 0.25) is 0 Å². The monoisotopic (exact) mass is 851 g/mol. The number of anilines is 6. The number of fused-ring (bicyclic) bond motifs is 14. The molecule has 0 amide bonds. The van der Waals surface area contributed by atoms with Gasteiger partial charge in [0, 0.05) is 44.0 Å². The van der Waals surface area contributed by atoms with E-state index in [1.807, 2.05) is 6.07 Å². The Morgan fingerprint density at radius 3 is 1.94 bits per heavy atom. The number of para-hydroxylation sites is 2. The van der Waals surface area contributed by atoms with Crippen LogP contribution in [0.25, 0.3) is 60.4 Å². The predicted octanol–water partition coefficient (Wildman–Crippen LogP) is 13.6. The van der Waals surface area contributed by atoms with Crippen molar-refractivity contribution in [1.29, 1.82) is 5.26 Å². The van der Waals surface area contributed by atoms with Crippen LogP contribution in [-0.4, -0.2) is 11.3 Å². The van der Waals surface area contributed by atoms with Gasteiger partial charge >= 0.3 is 0 Å². The fourth-order valence-electron chi connectivity index (χ4n) is 9.30. The minimum Gasteiger partial charge on any atom is -0.468 e. The Labute approximate surface area is 401 Å². The van der Waals surface area contributed by atoms with E-state index in [9.17, 15) is 27.2 Å². The van der Waals surface area contributed by atoms with Gasteiger partial charge in [0.25, 0.3) is 6.71 Å². The Morgan fingerprint density at radius 2 is 1.19 bits per heavy atom. The second-order valence-corrected chi connectivity index (χ2v) is 19.7. The van der Waals surface area contributed by atoms with Crippen molar-refractivity contribution in [3.05, 3.63) is 143 Å². The predicted molar refractivity (Wildman–Crippen MR) is 266 cm³/mol. The van der Waals surface area contributed by atoms with E-state index < -0.39 is 153 Å². The zero-order valence-electron chi connectivity index (χ0n) is 56.2. The van der Waals surface area contributed by atoms with Crippen molar-refractivity contribution < 1.29 is 36.2 Å². The fraction of sp³-hybridized carbons (Fsp3) is 0.211. The smallest absolute Gasteiger partial charge is 0.297 e. The lowest BCUT2D eigenvalue weighted by Gasteiger charge is -2.45. The molecule has 0 bridgehead atoms. The molecule has 0 saturated heterocycles. The third-order valence-corrected chi connectivity index (χ3v) is 12.4. The third-order valence-electron chi connectivity index (χ3n) is 12.4. The summed E-state index contributed by atoms with van der Waals surface area (Å²) in [7, 11) is 0. The normalized spacial score (nSPS) is 18.6. The summed E-state index contributed by atoms with van der Waals surface area (Å²) in [6.07, 6.45) is 0. The van der Waals surface area contributed by atoms with Crippen LogP contribution in [0.5, 0.6) is 0 Å². The lowest BCUT2D eigenvalue weighted by Crippen LogP contribution is -2.61. The summed E-state index contributed by atoms with van der Waals surface area (Å²) >= 11 is 0. The molecule has 0 unspecified atom stereocenters. The van der Waals surface area contributed by atoms with Crippen LogP contribution in [0.2, 0.25) is 0 Å². The molecule has 0 atom stereocenters. The zero-order chi connectivity index (χ0) is 61.3. The summed E-state index contributed by atoms with van der Waals surface area (Å²) in [5, 5.41) is 10.5. The summed E-state index contributed by atoms with van der Waals surface area (Å²) in [6.45, 7) is 14.1. The highest BCUT2D eigenvalue weighted by molar-refractivity contribution is 7.00. The van der Waals surface area contributed by atoms with Gasteiger partial charge < -0.3 is 23.2 Å². The first-order valence-electron chi connectivity index (χ1n) is 30.9. The van der Waals surface area contributed by atoms with E-state index in [2.05, 4.69) is 0 Å². The van der Waals surface area contributed by atoms with Crippen LogP contribution in [0.1, 0.15) is 112 Å². The summed E-state index contributed by atoms with van der Waals surface area (Å²) < 4.78 is 208. The quantitative estimate of drug-likeness (QED) is 0.154. The number of nitrogens with zero attached hydrogens (tertiary/aromatic N) is 4. The van der Waals surface area contributed by atoms with Gasteiger partial charge in [0.1, 0.15) is 16.7 Å². The number of nitriles is 1. The summed E-state index contributed by atoms with van der Waals surface area (Å²) in [5.41, 5.74) is -7.77. The highest BCUT2D eigenvalue weighted by Crippen LogP contribution is 2.54. The van der Waals surface area contributed by atoms with Crippen molar-refractivity contribution in [2.45, 2.75) is 78.6 Å². The first-order chi connectivity index (χ1) is 39.0. The summed E-state index contributed by atoms with van der Waals surface area (Å²) in [6, 6.07) is -9.29. The molecule has 0 fully saturated rings. The van der Waals surface area contributed by atoms with Crippen molar-refractivity contribution in [3.63, 3.8) is 0 Å². The highest BCUT2D eigenvalue weighted by Gasteiger charge is 2.49. The zero-order valence-corrected chi connectivity index (χ0v) is 36.2. The topological polar surface area (TPSA) is 61.5 Å². The first-order valence-corrected chi connectivity index (χ1v) is 20.9. The number of furan rings is 2. The molecule has 310 valence electrons. The molecular formula is C57H47BN4O2. The van der Waals surface area contributed by atoms with E-state index in [0.29, 0.717) is 0 Å². The molecule has 6 heterocycles. The number of benzene rings is 7. The van der Waals surface area contributed by atoms with E-state index >= 15 is 0 Å². The summed E-state index contributed by atoms with van der Waals surface area (Å²) in [4.78, 5) is 2.47. The van der Waals surface area contributed by atoms with E-state index in [-0.39, 0.29) is 124 Å². The van der Waals surface area contributed by atoms with Crippen LogP contribution in [-0.2, 0) is 16.2 Å². The Balaban J connectivity index is 1.34. The molecule has 0 spiro atoms. The van der Waals surface area contributed by atoms with E-state index in [1.165, 1.54) is 9.47 Å². The highest BCUT2D eigenvalue weighted by atomic mass is 16.3. The first kappa shape index (κ1) is 22.5. The minimum absolute atomic E-state index is 0.0102. The molecule has 6 nitrogen and oxygen atoms in total. The van der Waals surface area contributed by atoms with E-state index in [1.54, 1.807) is 62.3 Å². The average molecular weight is 851 g/mol. The van der Waals surface area contributed by atoms with Crippen molar-refractivity contribution in [3.8, 4) is 11.8 Å². The molecule has 13 rings (SSSR count). The van der Waals surface area contributed by atoms with E-state index in [0.717, 1.165) is 4.90 Å². The summed E-state index contributed by atoms with van der Waals surface area (Å²) in [5.74, 6) is 0. The number of rotatable bonds is 1. The van der Waals surface area contributed by atoms with Crippen LogP contribution in [0.3, 0.4) is 0 Å². The van der Waals surface area contributed by atoms with Gasteiger partial charge in [-0.3, -0.25) is 0 Å². The van der Waals surface area contributed by atoms with Gasteiger partial charge in [0.05, 0.1) is 78.5 Å². The van der Waals surface area contributed by atoms with Crippen molar-refractivity contribution in [2.24, 2.45) is 0 Å². The average Bonchev–Trinajstić information content (AvgIpc) is 1.27. The lowest BCUT2D eigenvalue weighted by atomic mass is 9.35. The number of hydrogen-bond donors (Lipinski definition) is 0. The standard InChI is InChI=1S/C57H47BN4O2/c1-55(2,3)32-17-20-42-37(25-32)39-27-34(57(7,8)9)28-46-51(39)61(42)43-15-12-14-41-53(43)62(46)45-24-31(30-59)23-44-50(45)58(41)54-52(40-26-33(56(4,5)6)18-21-49(40)64-54)60(44)35-19-22-48-38(29-35)36-13-10-11-16-47(36)63-48/h10-29H,1-9H3/i10D,11D,12D,13D,14D,15D,16D,17D,18D,19D,20D,21D,22D,23D,24D,25D,26D,27D,28D,29D. The van der Waals surface area contributed by atoms with Gasteiger partial charge in [-0.05, 0) is 122 Å². The molecule has 0 N–H and O–H groups in total. The molecule has 0 aliphatic carbocycles. The lowest BCUT2D eigenvalue weighted by molar-refractivity contribution is 0.590. The molecule has 3 aliphatic rings. The molecular weight excluding hydrogens is 783 g/mol. The van der Waals surface area contributed by atoms with Crippen molar-refractivity contribution in [2.75, 3.05) is 9.80 Å². The molecule has 3 aromatic heterocycles. The molecule has 0 saturated carbocycles. The Morgan fingerprint density at radius 1 is 0.531 bits per heavy atom. The Bertz CT molecular complexity index is 4960. The minimum atomic E-state index is -1.68. The van der Waals surface area contributed by atoms with Gasteiger partial charge in [-0.25, -0.2) is 0 Å². The van der Waals surface area contributed by atoms with Crippen molar-refractivity contribution in [1.82, 2.24) is 4.57 Å². The molecule has 7 heteroatoms. The van der Waals surface area contributed by atoms with Crippen LogP contribution in [0, 0.1) is 11.3 Å². The van der Waals surface area contributed by atoms with E-state index in [4.69, 9.17) is 14.3 Å². The molecule has 7 aromatic carbocycles. The molecule has 3 aliphatic heterocycles. The number of aromatic nitrogens is 1. The largest absolute Gasteiger partial charge is 0.468 e. The van der Waals surface area contributed by atoms with Crippen LogP contribution in [0.4, 0.5) is 34.1 Å². The number of hydrogen-bond acceptors (Lipinski definition) is 5. The van der Waals surface area contributed by atoms with Crippen LogP contribution >= 0.6 is 0 Å². The molecule has 10 aromatic rings. The maximum Gasteiger partial charge on any atom is 0.297 e. The maximum absolute atomic E-state index is 11.4. The van der Waals surface area contributed by atoms with Gasteiger partial charge in [-0.2, -0.15) is 5.26 Å². The van der Waals surface area contributed by atoms with Crippen LogP contribution in [0.15, 0.2) is 130 Å². The second kappa shape index (κ2) is 12.1. The van der Waals surface area contributed by atoms with Crippen LogP contribution < -0.4 is 26.4 Å². The maximum atomic E-state index is 11.4. The Hall–Kier alpha value is -7.17. The SMILES string of the molecule is [2H]c1c([2H])c2c3c(c1[2H])-n1c4c([2H])c([2H])c(C(C)(C)C)c([2H])c4c4c([2H])c(C(C)(C)C)c([2H])c(c41)N3c1c([2H])c(C#N)c([2H])c3c1B2c1oc2c([2H])c([2H])c(C(C)(C)C)c([2H])c2c1N3c1c([2H])c([2H])c2oc3c([2H])c([2H])c([2H])c([2H])c3c2c1[2H]. The van der Waals surface area contributed by atoms with Gasteiger partial charge in [0.15, 0.2) is 0 Å². The second-order valence-electron chi connectivity index (χ2n) is 19.7. The van der Waals surface area contributed by atoms with Gasteiger partial charge in [-0.15, -0.1) is 0 Å². The fourth-order valence-corrected chi connectivity index (χ4v) is 9.30. The molecule has 0 radical (unpaired) electrons. The third kappa shape index (κ3) is 4.86. The Kier molecular flexibility index (Phi) is 4.24. The van der Waals surface area contributed by atoms with Crippen molar-refractivity contribution >= 4 is 112 Å². The van der Waals surface area contributed by atoms with Gasteiger partial charge in [-0.1, -0.05) is 105 Å². The molecule has 64 heavy (non-hydrogen) atoms.